The molecular formula is C20H34O. The molecule has 0 heterocycles. The molecule has 2 aliphatic rings. The minimum absolute atomic E-state index is 0.0308. The van der Waals surface area contributed by atoms with Crippen molar-refractivity contribution in [3.63, 3.8) is 0 Å². The van der Waals surface area contributed by atoms with E-state index in [1.54, 1.807) is 11.1 Å². The highest BCUT2D eigenvalue weighted by atomic mass is 16.5. The van der Waals surface area contributed by atoms with E-state index < -0.39 is 0 Å². The number of hydrogen-bond acceptors (Lipinski definition) is 1. The van der Waals surface area contributed by atoms with Crippen LogP contribution in [0.15, 0.2) is 23.3 Å². The van der Waals surface area contributed by atoms with E-state index in [1.807, 2.05) is 0 Å². The zero-order chi connectivity index (χ0) is 15.7. The summed E-state index contributed by atoms with van der Waals surface area (Å²) in [5, 5.41) is 0. The molecule has 120 valence electrons. The van der Waals surface area contributed by atoms with Crippen LogP contribution < -0.4 is 0 Å². The van der Waals surface area contributed by atoms with Crippen LogP contribution in [0.5, 0.6) is 0 Å². The molecule has 2 unspecified atom stereocenters. The van der Waals surface area contributed by atoms with Crippen molar-refractivity contribution in [1.82, 2.24) is 0 Å². The third kappa shape index (κ3) is 4.22. The average molecular weight is 290 g/mol. The van der Waals surface area contributed by atoms with E-state index in [-0.39, 0.29) is 11.2 Å². The summed E-state index contributed by atoms with van der Waals surface area (Å²) in [6.07, 6.45) is 12.2. The zero-order valence-corrected chi connectivity index (χ0v) is 15.0. The first-order valence-electron chi connectivity index (χ1n) is 8.72. The Labute approximate surface area is 131 Å². The van der Waals surface area contributed by atoms with Gasteiger partial charge in [0.25, 0.3) is 0 Å². The first-order chi connectivity index (χ1) is 9.71. The van der Waals surface area contributed by atoms with E-state index >= 15 is 0 Å². The summed E-state index contributed by atoms with van der Waals surface area (Å²) in [7, 11) is 0. The molecule has 2 rings (SSSR count). The van der Waals surface area contributed by atoms with Gasteiger partial charge in [0.1, 0.15) is 0 Å². The second-order valence-corrected chi connectivity index (χ2v) is 8.35. The monoisotopic (exact) mass is 290 g/mol. The van der Waals surface area contributed by atoms with Crippen molar-refractivity contribution in [1.29, 1.82) is 0 Å². The minimum atomic E-state index is -0.0308. The molecule has 0 spiro atoms. The molecule has 0 aromatic heterocycles. The second-order valence-electron chi connectivity index (χ2n) is 8.35. The molecule has 0 aliphatic heterocycles. The lowest BCUT2D eigenvalue weighted by Crippen LogP contribution is -2.46. The predicted molar refractivity (Wildman–Crippen MR) is 91.4 cm³/mol. The van der Waals surface area contributed by atoms with Gasteiger partial charge in [-0.1, -0.05) is 23.3 Å². The van der Waals surface area contributed by atoms with Gasteiger partial charge in [0.05, 0.1) is 11.2 Å². The standard InChI is InChI=1S/C20H34O/c1-15-7-11-17(12-8-15)19(3,4)21-20(5,6)18-13-9-16(2)10-14-18/h7,9,17-18H,8,10-14H2,1-6H3. The summed E-state index contributed by atoms with van der Waals surface area (Å²) in [6.45, 7) is 13.7. The van der Waals surface area contributed by atoms with Gasteiger partial charge in [0.15, 0.2) is 0 Å². The Morgan fingerprint density at radius 3 is 1.48 bits per heavy atom. The minimum Gasteiger partial charge on any atom is -0.369 e. The maximum Gasteiger partial charge on any atom is 0.0665 e. The van der Waals surface area contributed by atoms with Crippen LogP contribution >= 0.6 is 0 Å². The second kappa shape index (κ2) is 6.28. The fourth-order valence-corrected chi connectivity index (χ4v) is 4.04. The van der Waals surface area contributed by atoms with Gasteiger partial charge in [-0.05, 0) is 91.9 Å². The van der Waals surface area contributed by atoms with Crippen LogP contribution in [0.4, 0.5) is 0 Å². The quantitative estimate of drug-likeness (QED) is 0.572. The highest BCUT2D eigenvalue weighted by molar-refractivity contribution is 5.07. The topological polar surface area (TPSA) is 9.23 Å². The lowest BCUT2D eigenvalue weighted by atomic mass is 9.76. The van der Waals surface area contributed by atoms with E-state index in [4.69, 9.17) is 4.74 Å². The highest BCUT2D eigenvalue weighted by Crippen LogP contribution is 2.41. The molecule has 0 aromatic rings. The molecular weight excluding hydrogens is 256 g/mol. The van der Waals surface area contributed by atoms with Crippen LogP contribution in [0.25, 0.3) is 0 Å². The van der Waals surface area contributed by atoms with Crippen LogP contribution in [0, 0.1) is 11.8 Å². The number of allylic oxidation sites excluding steroid dienone is 4. The smallest absolute Gasteiger partial charge is 0.0665 e. The Kier molecular flexibility index (Phi) is 5.03. The van der Waals surface area contributed by atoms with E-state index in [0.29, 0.717) is 11.8 Å². The molecule has 0 radical (unpaired) electrons. The van der Waals surface area contributed by atoms with Crippen molar-refractivity contribution in [2.75, 3.05) is 0 Å². The molecule has 1 heteroatoms. The van der Waals surface area contributed by atoms with Crippen LogP contribution in [-0.4, -0.2) is 11.2 Å². The summed E-state index contributed by atoms with van der Waals surface area (Å²) >= 11 is 0. The maximum atomic E-state index is 6.72. The number of hydrogen-bond donors (Lipinski definition) is 0. The molecule has 1 nitrogen and oxygen atoms in total. The third-order valence-electron chi connectivity index (χ3n) is 5.77. The van der Waals surface area contributed by atoms with E-state index in [0.717, 1.165) is 0 Å². The first-order valence-corrected chi connectivity index (χ1v) is 8.72. The van der Waals surface area contributed by atoms with Gasteiger partial charge >= 0.3 is 0 Å². The number of rotatable bonds is 4. The third-order valence-corrected chi connectivity index (χ3v) is 5.77. The van der Waals surface area contributed by atoms with Gasteiger partial charge in [-0.25, -0.2) is 0 Å². The maximum absolute atomic E-state index is 6.72. The van der Waals surface area contributed by atoms with Crippen LogP contribution in [-0.2, 0) is 4.74 Å². The van der Waals surface area contributed by atoms with Crippen LogP contribution in [0.3, 0.4) is 0 Å². The van der Waals surface area contributed by atoms with Crippen molar-refractivity contribution in [3.8, 4) is 0 Å². The van der Waals surface area contributed by atoms with E-state index in [2.05, 4.69) is 53.7 Å². The molecule has 0 N–H and O–H groups in total. The fourth-order valence-electron chi connectivity index (χ4n) is 4.04. The summed E-state index contributed by atoms with van der Waals surface area (Å²) in [5.74, 6) is 1.31. The van der Waals surface area contributed by atoms with Crippen molar-refractivity contribution in [3.05, 3.63) is 23.3 Å². The Morgan fingerprint density at radius 2 is 1.19 bits per heavy atom. The van der Waals surface area contributed by atoms with Gasteiger partial charge in [0, 0.05) is 0 Å². The summed E-state index contributed by atoms with van der Waals surface area (Å²) < 4.78 is 6.72. The lowest BCUT2D eigenvalue weighted by molar-refractivity contribution is -0.175. The Balaban J connectivity index is 2.01. The molecule has 21 heavy (non-hydrogen) atoms. The Morgan fingerprint density at radius 1 is 0.810 bits per heavy atom. The van der Waals surface area contributed by atoms with Gasteiger partial charge in [-0.15, -0.1) is 0 Å². The van der Waals surface area contributed by atoms with Gasteiger partial charge < -0.3 is 4.74 Å². The summed E-state index contributed by atoms with van der Waals surface area (Å²) in [5.41, 5.74) is 3.04. The van der Waals surface area contributed by atoms with Gasteiger partial charge in [-0.3, -0.25) is 0 Å². The summed E-state index contributed by atoms with van der Waals surface area (Å²) in [6, 6.07) is 0. The van der Waals surface area contributed by atoms with Crippen molar-refractivity contribution in [2.24, 2.45) is 11.8 Å². The molecule has 2 aliphatic carbocycles. The average Bonchev–Trinajstić information content (AvgIpc) is 2.38. The molecule has 0 fully saturated rings. The van der Waals surface area contributed by atoms with E-state index in [1.165, 1.54) is 38.5 Å². The number of ether oxygens (including phenoxy) is 1. The Hall–Kier alpha value is -0.560. The predicted octanol–water partition coefficient (Wildman–Crippen LogP) is 6.05. The van der Waals surface area contributed by atoms with Crippen LogP contribution in [0.1, 0.15) is 80.1 Å². The molecule has 0 saturated heterocycles. The first kappa shape index (κ1) is 16.8. The van der Waals surface area contributed by atoms with Gasteiger partial charge in [0.2, 0.25) is 0 Å². The van der Waals surface area contributed by atoms with Crippen molar-refractivity contribution in [2.45, 2.75) is 91.3 Å². The van der Waals surface area contributed by atoms with Gasteiger partial charge in [-0.2, -0.15) is 0 Å². The normalized spacial score (nSPS) is 28.1. The van der Waals surface area contributed by atoms with Crippen molar-refractivity contribution < 1.29 is 4.74 Å². The fraction of sp³-hybridized carbons (Fsp3) is 0.800. The SMILES string of the molecule is CC1=CCC(C(C)(C)OC(C)(C)C2CC=C(C)CC2)CC1. The largest absolute Gasteiger partial charge is 0.369 e. The summed E-state index contributed by atoms with van der Waals surface area (Å²) in [4.78, 5) is 0. The molecule has 0 saturated carbocycles. The lowest BCUT2D eigenvalue weighted by Gasteiger charge is -2.46. The molecule has 0 amide bonds. The van der Waals surface area contributed by atoms with Crippen LogP contribution in [0.2, 0.25) is 0 Å². The molecule has 2 atom stereocenters. The molecule has 0 aromatic carbocycles. The zero-order valence-electron chi connectivity index (χ0n) is 15.0. The van der Waals surface area contributed by atoms with E-state index in [9.17, 15) is 0 Å². The van der Waals surface area contributed by atoms with Crippen molar-refractivity contribution >= 4 is 0 Å². The Bertz CT molecular complexity index is 385. The molecule has 0 bridgehead atoms. The highest BCUT2D eigenvalue weighted by Gasteiger charge is 2.40.